The smallest absolute Gasteiger partial charge is 0.308 e. The van der Waals surface area contributed by atoms with Gasteiger partial charge in [0.15, 0.2) is 0 Å². The van der Waals surface area contributed by atoms with Crippen molar-refractivity contribution in [2.45, 2.75) is 38.8 Å². The normalized spacial score (nSPS) is 13.3. The van der Waals surface area contributed by atoms with E-state index in [9.17, 15) is 18.7 Å². The van der Waals surface area contributed by atoms with Crippen LogP contribution in [0.2, 0.25) is 0 Å². The van der Waals surface area contributed by atoms with Gasteiger partial charge in [0.25, 0.3) is 0 Å². The lowest BCUT2D eigenvalue weighted by atomic mass is 9.91. The van der Waals surface area contributed by atoms with E-state index in [0.717, 1.165) is 11.6 Å². The van der Waals surface area contributed by atoms with Gasteiger partial charge in [0.2, 0.25) is 0 Å². The van der Waals surface area contributed by atoms with Crippen LogP contribution in [0.25, 0.3) is 0 Å². The molecule has 0 bridgehead atoms. The number of carbonyl (C=O) groups is 1. The molecule has 0 aliphatic rings. The molecule has 0 amide bonds. The second kappa shape index (κ2) is 9.99. The summed E-state index contributed by atoms with van der Waals surface area (Å²) < 4.78 is 26.7. The first kappa shape index (κ1) is 20.0. The van der Waals surface area contributed by atoms with Gasteiger partial charge in [0, 0.05) is 12.1 Å². The number of benzene rings is 2. The lowest BCUT2D eigenvalue weighted by Gasteiger charge is -2.24. The summed E-state index contributed by atoms with van der Waals surface area (Å²) in [5.41, 5.74) is 4.10. The summed E-state index contributed by atoms with van der Waals surface area (Å²) in [4.78, 5) is 17.1. The van der Waals surface area contributed by atoms with Crippen LogP contribution in [0.15, 0.2) is 48.5 Å². The Bertz CT molecular complexity index is 709. The van der Waals surface area contributed by atoms with Crippen molar-refractivity contribution in [3.8, 4) is 0 Å². The Labute approximate surface area is 151 Å². The molecule has 0 saturated carbocycles. The molecule has 2 aromatic carbocycles. The highest BCUT2D eigenvalue weighted by molar-refractivity contribution is 5.70. The van der Waals surface area contributed by atoms with Gasteiger partial charge in [0.05, 0.1) is 12.5 Å². The minimum absolute atomic E-state index is 0.208. The fourth-order valence-electron chi connectivity index (χ4n) is 2.79. The Morgan fingerprint density at radius 1 is 1.19 bits per heavy atom. The van der Waals surface area contributed by atoms with Crippen molar-refractivity contribution < 1.29 is 23.5 Å². The monoisotopic (exact) mass is 363 g/mol. The third-order valence-electron chi connectivity index (χ3n) is 4.30. The summed E-state index contributed by atoms with van der Waals surface area (Å²) in [6.45, 7) is 2.17. The highest BCUT2D eigenvalue weighted by Gasteiger charge is 2.27. The molecule has 140 valence electrons. The number of hydrogen-bond donors (Lipinski definition) is 2. The second-order valence-electron chi connectivity index (χ2n) is 6.13. The van der Waals surface area contributed by atoms with Gasteiger partial charge in [-0.3, -0.25) is 9.63 Å². The number of aliphatic carboxylic acids is 1. The van der Waals surface area contributed by atoms with E-state index in [1.807, 2.05) is 37.3 Å². The molecule has 4 nitrogen and oxygen atoms in total. The fourth-order valence-corrected chi connectivity index (χ4v) is 2.79. The van der Waals surface area contributed by atoms with Crippen molar-refractivity contribution in [1.29, 1.82) is 0 Å². The van der Waals surface area contributed by atoms with Gasteiger partial charge in [-0.25, -0.2) is 8.78 Å². The van der Waals surface area contributed by atoms with Crippen LogP contribution in [-0.2, 0) is 22.7 Å². The maximum absolute atomic E-state index is 13.7. The lowest BCUT2D eigenvalue weighted by Crippen LogP contribution is -2.40. The van der Waals surface area contributed by atoms with Crippen LogP contribution < -0.4 is 5.48 Å². The third kappa shape index (κ3) is 5.89. The predicted octanol–water partition coefficient (Wildman–Crippen LogP) is 4.10. The van der Waals surface area contributed by atoms with Gasteiger partial charge >= 0.3 is 5.97 Å². The van der Waals surface area contributed by atoms with Gasteiger partial charge in [-0.05, 0) is 36.5 Å². The Balaban J connectivity index is 1.93. The molecule has 0 spiro atoms. The highest BCUT2D eigenvalue weighted by atomic mass is 19.1. The Hall–Kier alpha value is -2.31. The molecular weight excluding hydrogens is 340 g/mol. The van der Waals surface area contributed by atoms with E-state index in [4.69, 9.17) is 4.84 Å². The molecule has 6 heteroatoms. The van der Waals surface area contributed by atoms with Gasteiger partial charge in [0.1, 0.15) is 11.6 Å². The summed E-state index contributed by atoms with van der Waals surface area (Å²) in [6, 6.07) is 12.4. The van der Waals surface area contributed by atoms with Gasteiger partial charge in [-0.15, -0.1) is 0 Å². The molecule has 0 aliphatic carbocycles. The average molecular weight is 363 g/mol. The van der Waals surface area contributed by atoms with Crippen molar-refractivity contribution in [2.24, 2.45) is 5.92 Å². The van der Waals surface area contributed by atoms with Crippen LogP contribution in [0.5, 0.6) is 0 Å². The van der Waals surface area contributed by atoms with Crippen molar-refractivity contribution in [2.75, 3.05) is 0 Å². The molecule has 2 rings (SSSR count). The minimum Gasteiger partial charge on any atom is -0.481 e. The van der Waals surface area contributed by atoms with Crippen molar-refractivity contribution in [3.63, 3.8) is 0 Å². The second-order valence-corrected chi connectivity index (χ2v) is 6.13. The van der Waals surface area contributed by atoms with Crippen molar-refractivity contribution in [1.82, 2.24) is 5.48 Å². The van der Waals surface area contributed by atoms with Gasteiger partial charge in [-0.1, -0.05) is 43.3 Å². The van der Waals surface area contributed by atoms with E-state index in [2.05, 4.69) is 5.48 Å². The molecule has 0 unspecified atom stereocenters. The van der Waals surface area contributed by atoms with Crippen molar-refractivity contribution in [3.05, 3.63) is 71.3 Å². The van der Waals surface area contributed by atoms with E-state index < -0.39 is 29.6 Å². The van der Waals surface area contributed by atoms with Crippen molar-refractivity contribution >= 4 is 5.97 Å². The summed E-state index contributed by atoms with van der Waals surface area (Å²) >= 11 is 0. The van der Waals surface area contributed by atoms with Crippen LogP contribution in [0, 0.1) is 17.6 Å². The van der Waals surface area contributed by atoms with E-state index >= 15 is 0 Å². The zero-order valence-corrected chi connectivity index (χ0v) is 14.6. The number of aryl methyl sites for hydroxylation is 1. The molecule has 2 N–H and O–H groups in total. The van der Waals surface area contributed by atoms with E-state index in [-0.39, 0.29) is 12.8 Å². The number of hydroxylamine groups is 1. The standard InChI is InChI=1S/C20H23F2NO3/c1-2-19(23-26-13-14-6-4-3-5-7-14)17(20(24)25)11-9-15-8-10-16(21)12-18(15)22/h3-8,10,12,17,19,23H,2,9,11,13H2,1H3,(H,24,25)/t17-,19-/m1/s1. The maximum Gasteiger partial charge on any atom is 0.308 e. The SMILES string of the molecule is CC[C@@H](NOCc1ccccc1)[C@@H](CCc1ccc(F)cc1F)C(=O)O. The lowest BCUT2D eigenvalue weighted by molar-refractivity contribution is -0.145. The zero-order chi connectivity index (χ0) is 18.9. The molecule has 0 aliphatic heterocycles. The molecule has 0 saturated heterocycles. The number of halogens is 2. The summed E-state index contributed by atoms with van der Waals surface area (Å²) in [5.74, 6) is -3.03. The average Bonchev–Trinajstić information content (AvgIpc) is 2.62. The first-order valence-corrected chi connectivity index (χ1v) is 8.59. The van der Waals surface area contributed by atoms with E-state index in [0.29, 0.717) is 18.6 Å². The minimum atomic E-state index is -0.977. The van der Waals surface area contributed by atoms with Crippen LogP contribution in [0.4, 0.5) is 8.78 Å². The first-order valence-electron chi connectivity index (χ1n) is 8.59. The number of carboxylic acids is 1. The molecular formula is C20H23F2NO3. The maximum atomic E-state index is 13.7. The van der Waals surface area contributed by atoms with Gasteiger partial charge < -0.3 is 5.11 Å². The molecule has 2 aromatic rings. The molecule has 0 aromatic heterocycles. The van der Waals surface area contributed by atoms with Gasteiger partial charge in [-0.2, -0.15) is 5.48 Å². The highest BCUT2D eigenvalue weighted by Crippen LogP contribution is 2.19. The predicted molar refractivity (Wildman–Crippen MR) is 94.3 cm³/mol. The first-order chi connectivity index (χ1) is 12.5. The Morgan fingerprint density at radius 3 is 2.54 bits per heavy atom. The number of carboxylic acid groups (broad SMARTS) is 1. The number of rotatable bonds is 10. The fraction of sp³-hybridized carbons (Fsp3) is 0.350. The molecule has 26 heavy (non-hydrogen) atoms. The van der Waals surface area contributed by atoms with E-state index in [1.54, 1.807) is 0 Å². The van der Waals surface area contributed by atoms with Crippen LogP contribution in [0.1, 0.15) is 30.9 Å². The largest absolute Gasteiger partial charge is 0.481 e. The topological polar surface area (TPSA) is 58.6 Å². The van der Waals surface area contributed by atoms with E-state index in [1.165, 1.54) is 12.1 Å². The summed E-state index contributed by atoms with van der Waals surface area (Å²) in [5, 5.41) is 9.53. The summed E-state index contributed by atoms with van der Waals surface area (Å²) in [6.07, 6.45) is 0.968. The Morgan fingerprint density at radius 2 is 1.92 bits per heavy atom. The number of nitrogens with one attached hydrogen (secondary N) is 1. The quantitative estimate of drug-likeness (QED) is 0.624. The summed E-state index contributed by atoms with van der Waals surface area (Å²) in [7, 11) is 0. The van der Waals surface area contributed by atoms with Crippen LogP contribution >= 0.6 is 0 Å². The molecule has 0 heterocycles. The molecule has 0 fully saturated rings. The number of hydrogen-bond acceptors (Lipinski definition) is 3. The van der Waals surface area contributed by atoms with Crippen LogP contribution in [0.3, 0.4) is 0 Å². The Kier molecular flexibility index (Phi) is 7.69. The zero-order valence-electron chi connectivity index (χ0n) is 14.6. The van der Waals surface area contributed by atoms with Crippen LogP contribution in [-0.4, -0.2) is 17.1 Å². The molecule has 0 radical (unpaired) electrons. The third-order valence-corrected chi connectivity index (χ3v) is 4.30. The molecule has 2 atom stereocenters.